The van der Waals surface area contributed by atoms with E-state index in [1.807, 2.05) is 18.3 Å². The van der Waals surface area contributed by atoms with Gasteiger partial charge in [-0.05, 0) is 11.6 Å². The normalized spacial score (nSPS) is 26.0. The number of para-hydroxylation sites is 1. The van der Waals surface area contributed by atoms with Gasteiger partial charge in [-0.3, -0.25) is 19.4 Å². The van der Waals surface area contributed by atoms with Crippen molar-refractivity contribution >= 4 is 22.7 Å². The molecule has 0 bridgehead atoms. The molecular weight excluding hydrogens is 266 g/mol. The van der Waals surface area contributed by atoms with Crippen molar-refractivity contribution < 1.29 is 9.59 Å². The molecule has 1 N–H and O–H groups in total. The van der Waals surface area contributed by atoms with Gasteiger partial charge in [-0.2, -0.15) is 0 Å². The molecule has 21 heavy (non-hydrogen) atoms. The second kappa shape index (κ2) is 4.43. The lowest BCUT2D eigenvalue weighted by Gasteiger charge is -2.17. The molecule has 1 aromatic carbocycles. The Morgan fingerprint density at radius 1 is 1.14 bits per heavy atom. The first-order valence-electron chi connectivity index (χ1n) is 7.24. The van der Waals surface area contributed by atoms with Crippen LogP contribution in [0.15, 0.2) is 30.5 Å². The van der Waals surface area contributed by atoms with E-state index in [2.05, 4.69) is 22.0 Å². The number of hydrogen-bond donors (Lipinski definition) is 1. The standard InChI is InChI=1S/C16H17N3O2/c1-18-15(20)12-8-19(9-13(12)16(18)21)7-10-6-17-14-5-3-2-4-11(10)14/h2-6,12-13,17H,7-9H2,1H3/t12-,13+. The van der Waals surface area contributed by atoms with Crippen LogP contribution in [0.5, 0.6) is 0 Å². The van der Waals surface area contributed by atoms with Gasteiger partial charge in [0.05, 0.1) is 11.8 Å². The summed E-state index contributed by atoms with van der Waals surface area (Å²) in [5, 5.41) is 1.21. The Morgan fingerprint density at radius 3 is 2.52 bits per heavy atom. The highest BCUT2D eigenvalue weighted by molar-refractivity contribution is 6.05. The van der Waals surface area contributed by atoms with Crippen molar-refractivity contribution in [2.24, 2.45) is 11.8 Å². The van der Waals surface area contributed by atoms with Crippen LogP contribution < -0.4 is 0 Å². The van der Waals surface area contributed by atoms with E-state index in [-0.39, 0.29) is 23.7 Å². The first kappa shape index (κ1) is 12.6. The minimum absolute atomic E-state index is 0.0218. The van der Waals surface area contributed by atoms with Gasteiger partial charge in [0.1, 0.15) is 0 Å². The molecule has 1 aromatic heterocycles. The Hall–Kier alpha value is -2.14. The van der Waals surface area contributed by atoms with E-state index in [1.165, 1.54) is 15.8 Å². The Morgan fingerprint density at radius 2 is 1.81 bits per heavy atom. The summed E-state index contributed by atoms with van der Waals surface area (Å²) in [6.07, 6.45) is 2.02. The van der Waals surface area contributed by atoms with Crippen molar-refractivity contribution in [1.82, 2.24) is 14.8 Å². The minimum atomic E-state index is -0.146. The van der Waals surface area contributed by atoms with Crippen LogP contribution in [0.3, 0.4) is 0 Å². The minimum Gasteiger partial charge on any atom is -0.361 e. The van der Waals surface area contributed by atoms with Crippen LogP contribution in [-0.2, 0) is 16.1 Å². The van der Waals surface area contributed by atoms with E-state index in [0.717, 1.165) is 12.1 Å². The third-order valence-corrected chi connectivity index (χ3v) is 4.76. The molecule has 5 nitrogen and oxygen atoms in total. The topological polar surface area (TPSA) is 56.4 Å². The van der Waals surface area contributed by atoms with E-state index in [0.29, 0.717) is 13.1 Å². The van der Waals surface area contributed by atoms with Crippen LogP contribution in [0.4, 0.5) is 0 Å². The van der Waals surface area contributed by atoms with Crippen molar-refractivity contribution in [3.8, 4) is 0 Å². The molecule has 2 aromatic rings. The zero-order chi connectivity index (χ0) is 14.6. The first-order chi connectivity index (χ1) is 10.1. The van der Waals surface area contributed by atoms with Crippen LogP contribution in [0.25, 0.3) is 10.9 Å². The molecule has 0 radical (unpaired) electrons. The highest BCUT2D eigenvalue weighted by Crippen LogP contribution is 2.33. The van der Waals surface area contributed by atoms with Gasteiger partial charge in [0.2, 0.25) is 11.8 Å². The zero-order valence-electron chi connectivity index (χ0n) is 11.9. The summed E-state index contributed by atoms with van der Waals surface area (Å²) in [7, 11) is 1.59. The van der Waals surface area contributed by atoms with Crippen molar-refractivity contribution in [3.05, 3.63) is 36.0 Å². The van der Waals surface area contributed by atoms with Gasteiger partial charge in [0.25, 0.3) is 0 Å². The zero-order valence-corrected chi connectivity index (χ0v) is 11.9. The van der Waals surface area contributed by atoms with Crippen LogP contribution in [0, 0.1) is 11.8 Å². The number of carbonyl (C=O) groups excluding carboxylic acids is 2. The van der Waals surface area contributed by atoms with E-state index in [9.17, 15) is 9.59 Å². The Balaban J connectivity index is 1.55. The molecule has 2 amide bonds. The summed E-state index contributed by atoms with van der Waals surface area (Å²) in [6.45, 7) is 2.14. The maximum atomic E-state index is 12.0. The van der Waals surface area contributed by atoms with Crippen molar-refractivity contribution in [2.45, 2.75) is 6.54 Å². The molecule has 3 heterocycles. The molecule has 0 aliphatic carbocycles. The number of aromatic nitrogens is 1. The second-order valence-electron chi connectivity index (χ2n) is 6.00. The number of likely N-dealkylation sites (tertiary alicyclic amines) is 2. The molecule has 4 rings (SSSR count). The highest BCUT2D eigenvalue weighted by atomic mass is 16.2. The molecule has 0 saturated carbocycles. The quantitative estimate of drug-likeness (QED) is 0.843. The van der Waals surface area contributed by atoms with Crippen molar-refractivity contribution in [3.63, 3.8) is 0 Å². The van der Waals surface area contributed by atoms with E-state index < -0.39 is 0 Å². The molecular formula is C16H17N3O2. The third kappa shape index (κ3) is 1.81. The Bertz CT molecular complexity index is 712. The van der Waals surface area contributed by atoms with Gasteiger partial charge in [0, 0.05) is 43.8 Å². The number of fused-ring (bicyclic) bond motifs is 2. The maximum absolute atomic E-state index is 12.0. The molecule has 2 saturated heterocycles. The summed E-state index contributed by atoms with van der Waals surface area (Å²) < 4.78 is 0. The van der Waals surface area contributed by atoms with Gasteiger partial charge in [-0.25, -0.2) is 0 Å². The number of hydrogen-bond acceptors (Lipinski definition) is 3. The van der Waals surface area contributed by atoms with Crippen LogP contribution >= 0.6 is 0 Å². The van der Waals surface area contributed by atoms with Crippen LogP contribution in [-0.4, -0.2) is 46.7 Å². The van der Waals surface area contributed by atoms with E-state index >= 15 is 0 Å². The number of carbonyl (C=O) groups is 2. The lowest BCUT2D eigenvalue weighted by atomic mass is 10.00. The van der Waals surface area contributed by atoms with Crippen molar-refractivity contribution in [2.75, 3.05) is 20.1 Å². The van der Waals surface area contributed by atoms with Crippen molar-refractivity contribution in [1.29, 1.82) is 0 Å². The largest absolute Gasteiger partial charge is 0.361 e. The monoisotopic (exact) mass is 283 g/mol. The van der Waals surface area contributed by atoms with Gasteiger partial charge in [-0.15, -0.1) is 0 Å². The second-order valence-corrected chi connectivity index (χ2v) is 6.00. The SMILES string of the molecule is CN1C(=O)[C@H]2CN(Cc3c[nH]c4ccccc34)C[C@H]2C1=O. The lowest BCUT2D eigenvalue weighted by Crippen LogP contribution is -2.32. The smallest absolute Gasteiger partial charge is 0.234 e. The number of amides is 2. The first-order valence-corrected chi connectivity index (χ1v) is 7.24. The molecule has 2 atom stereocenters. The van der Waals surface area contributed by atoms with Crippen LogP contribution in [0.1, 0.15) is 5.56 Å². The summed E-state index contributed by atoms with van der Waals surface area (Å²) in [6, 6.07) is 8.19. The average Bonchev–Trinajstić information content (AvgIpc) is 3.14. The van der Waals surface area contributed by atoms with Crippen LogP contribution in [0.2, 0.25) is 0 Å². The number of H-pyrrole nitrogens is 1. The van der Waals surface area contributed by atoms with E-state index in [4.69, 9.17) is 0 Å². The average molecular weight is 283 g/mol. The maximum Gasteiger partial charge on any atom is 0.234 e. The molecule has 0 unspecified atom stereocenters. The number of imide groups is 1. The molecule has 2 aliphatic rings. The number of nitrogens with zero attached hydrogens (tertiary/aromatic N) is 2. The summed E-state index contributed by atoms with van der Waals surface area (Å²) in [5.41, 5.74) is 2.35. The van der Waals surface area contributed by atoms with Gasteiger partial charge in [-0.1, -0.05) is 18.2 Å². The number of aromatic amines is 1. The summed E-state index contributed by atoms with van der Waals surface area (Å²) in [4.78, 5) is 30.8. The number of nitrogens with one attached hydrogen (secondary N) is 1. The number of benzene rings is 1. The predicted octanol–water partition coefficient (Wildman–Crippen LogP) is 1.21. The van der Waals surface area contributed by atoms with Gasteiger partial charge < -0.3 is 4.98 Å². The number of rotatable bonds is 2. The Labute approximate surface area is 122 Å². The molecule has 2 aliphatic heterocycles. The highest BCUT2D eigenvalue weighted by Gasteiger charge is 2.50. The fourth-order valence-electron chi connectivity index (χ4n) is 3.62. The summed E-state index contributed by atoms with van der Waals surface area (Å²) >= 11 is 0. The predicted molar refractivity (Wildman–Crippen MR) is 78.3 cm³/mol. The summed E-state index contributed by atoms with van der Waals surface area (Å²) in [5.74, 6) is -0.335. The third-order valence-electron chi connectivity index (χ3n) is 4.76. The molecule has 2 fully saturated rings. The molecule has 5 heteroatoms. The fraction of sp³-hybridized carbons (Fsp3) is 0.375. The molecule has 108 valence electrons. The Kier molecular flexibility index (Phi) is 2.65. The van der Waals surface area contributed by atoms with Gasteiger partial charge >= 0.3 is 0 Å². The lowest BCUT2D eigenvalue weighted by molar-refractivity contribution is -0.138. The van der Waals surface area contributed by atoms with Gasteiger partial charge in [0.15, 0.2) is 0 Å². The van der Waals surface area contributed by atoms with E-state index in [1.54, 1.807) is 7.05 Å². The molecule has 0 spiro atoms. The fourth-order valence-corrected chi connectivity index (χ4v) is 3.62.